The molecule has 1 aliphatic heterocycles. The van der Waals surface area contributed by atoms with E-state index in [4.69, 9.17) is 4.74 Å². The molecule has 1 amide bonds. The number of anilines is 1. The maximum Gasteiger partial charge on any atom is 0.343 e. The van der Waals surface area contributed by atoms with Crippen molar-refractivity contribution < 1.29 is 23.1 Å². The second-order valence-corrected chi connectivity index (χ2v) is 8.63. The Kier molecular flexibility index (Phi) is 6.62. The summed E-state index contributed by atoms with van der Waals surface area (Å²) in [4.78, 5) is 42.8. The summed E-state index contributed by atoms with van der Waals surface area (Å²) in [5, 5.41) is 2.72. The molecule has 4 rings (SSSR count). The van der Waals surface area contributed by atoms with Gasteiger partial charge in [0.15, 0.2) is 11.6 Å². The standard InChI is InChI=1S/C23H28F2N4O4/c1-3-5-19(30)26-9-13-10-28(12-18(13)25)22-17(24)8-15-20(31)16(23(32)33-4-2)11-29(14-6-7-14)21(15)27-22/h8,11,13-14,18H,3-7,9-10,12H2,1-2H3,(H,26,30)/t13-,18-/m0/s1. The Hall–Kier alpha value is -3.04. The number of ether oxygens (including phenoxy) is 1. The Bertz CT molecular complexity index is 1130. The van der Waals surface area contributed by atoms with Crippen LogP contribution in [0, 0.1) is 11.7 Å². The van der Waals surface area contributed by atoms with E-state index < -0.39 is 29.3 Å². The number of aromatic nitrogens is 2. The van der Waals surface area contributed by atoms with E-state index in [2.05, 4.69) is 10.3 Å². The molecule has 178 valence electrons. The molecule has 0 aromatic carbocycles. The number of hydrogen-bond acceptors (Lipinski definition) is 6. The van der Waals surface area contributed by atoms with Gasteiger partial charge in [-0.1, -0.05) is 6.92 Å². The minimum atomic E-state index is -1.25. The number of pyridine rings is 2. The van der Waals surface area contributed by atoms with Gasteiger partial charge >= 0.3 is 5.97 Å². The lowest BCUT2D eigenvalue weighted by Gasteiger charge is -2.20. The molecule has 2 atom stereocenters. The predicted octanol–water partition coefficient (Wildman–Crippen LogP) is 2.74. The monoisotopic (exact) mass is 462 g/mol. The Morgan fingerprint density at radius 2 is 2.03 bits per heavy atom. The topological polar surface area (TPSA) is 93.5 Å². The van der Waals surface area contributed by atoms with Crippen molar-refractivity contribution in [2.75, 3.05) is 31.1 Å². The van der Waals surface area contributed by atoms with E-state index in [0.717, 1.165) is 18.9 Å². The SMILES string of the molecule is CCCC(=O)NC[C@H]1CN(c2nc3c(cc2F)c(=O)c(C(=O)OCC)cn3C2CC2)C[C@@H]1F. The first kappa shape index (κ1) is 23.1. The van der Waals surface area contributed by atoms with Crippen molar-refractivity contribution in [3.05, 3.63) is 33.9 Å². The number of hydrogen-bond donors (Lipinski definition) is 1. The van der Waals surface area contributed by atoms with Crippen LogP contribution in [-0.2, 0) is 9.53 Å². The zero-order valence-electron chi connectivity index (χ0n) is 18.8. The molecule has 0 bridgehead atoms. The molecule has 3 heterocycles. The molecule has 1 saturated heterocycles. The summed E-state index contributed by atoms with van der Waals surface area (Å²) in [7, 11) is 0. The number of alkyl halides is 1. The van der Waals surface area contributed by atoms with Crippen molar-refractivity contribution in [3.8, 4) is 0 Å². The molecule has 2 fully saturated rings. The lowest BCUT2D eigenvalue weighted by atomic mass is 10.1. The third kappa shape index (κ3) is 4.69. The van der Waals surface area contributed by atoms with E-state index in [9.17, 15) is 18.8 Å². The minimum Gasteiger partial charge on any atom is -0.462 e. The van der Waals surface area contributed by atoms with Crippen molar-refractivity contribution in [1.82, 2.24) is 14.9 Å². The van der Waals surface area contributed by atoms with E-state index in [1.54, 1.807) is 11.5 Å². The van der Waals surface area contributed by atoms with Crippen molar-refractivity contribution >= 4 is 28.7 Å². The molecular weight excluding hydrogens is 434 g/mol. The zero-order chi connectivity index (χ0) is 23.7. The summed E-state index contributed by atoms with van der Waals surface area (Å²) in [5.41, 5.74) is -0.528. The van der Waals surface area contributed by atoms with Crippen LogP contribution >= 0.6 is 0 Å². The molecular formula is C23H28F2N4O4. The Morgan fingerprint density at radius 3 is 2.70 bits per heavy atom. The highest BCUT2D eigenvalue weighted by molar-refractivity contribution is 5.93. The van der Waals surface area contributed by atoms with Crippen LogP contribution in [-0.4, -0.2) is 53.8 Å². The van der Waals surface area contributed by atoms with Crippen molar-refractivity contribution in [1.29, 1.82) is 0 Å². The van der Waals surface area contributed by atoms with Crippen LogP contribution < -0.4 is 15.6 Å². The van der Waals surface area contributed by atoms with Gasteiger partial charge in [-0.25, -0.2) is 18.6 Å². The van der Waals surface area contributed by atoms with E-state index in [1.165, 1.54) is 11.1 Å². The smallest absolute Gasteiger partial charge is 0.343 e. The van der Waals surface area contributed by atoms with Crippen molar-refractivity contribution in [2.45, 2.75) is 51.7 Å². The molecule has 0 spiro atoms. The Balaban J connectivity index is 1.66. The fraction of sp³-hybridized carbons (Fsp3) is 0.565. The first-order valence-corrected chi connectivity index (χ1v) is 11.4. The zero-order valence-corrected chi connectivity index (χ0v) is 18.8. The molecule has 2 aromatic rings. The predicted molar refractivity (Wildman–Crippen MR) is 119 cm³/mol. The average molecular weight is 462 g/mol. The molecule has 1 aliphatic carbocycles. The van der Waals surface area contributed by atoms with Gasteiger partial charge in [0.1, 0.15) is 17.4 Å². The third-order valence-corrected chi connectivity index (χ3v) is 6.07. The molecule has 8 nitrogen and oxygen atoms in total. The largest absolute Gasteiger partial charge is 0.462 e. The number of fused-ring (bicyclic) bond motifs is 1. The van der Waals surface area contributed by atoms with Crippen LogP contribution in [0.4, 0.5) is 14.6 Å². The summed E-state index contributed by atoms with van der Waals surface area (Å²) in [5.74, 6) is -2.17. The van der Waals surface area contributed by atoms with Gasteiger partial charge in [-0.15, -0.1) is 0 Å². The molecule has 0 unspecified atom stereocenters. The quantitative estimate of drug-likeness (QED) is 0.607. The molecule has 1 N–H and O–H groups in total. The number of rotatable bonds is 8. The van der Waals surface area contributed by atoms with Gasteiger partial charge in [0, 0.05) is 37.7 Å². The number of halogens is 2. The van der Waals surface area contributed by atoms with Gasteiger partial charge < -0.3 is 19.5 Å². The highest BCUT2D eigenvalue weighted by Gasteiger charge is 2.36. The summed E-state index contributed by atoms with van der Waals surface area (Å²) in [6.07, 6.45) is 2.97. The normalized spacial score (nSPS) is 20.3. The number of carbonyl (C=O) groups excluding carboxylic acids is 2. The number of amides is 1. The molecule has 0 radical (unpaired) electrons. The third-order valence-electron chi connectivity index (χ3n) is 6.07. The average Bonchev–Trinajstić information content (AvgIpc) is 3.55. The molecule has 1 saturated carbocycles. The second kappa shape index (κ2) is 9.44. The Morgan fingerprint density at radius 1 is 1.27 bits per heavy atom. The van der Waals surface area contributed by atoms with Crippen LogP contribution in [0.2, 0.25) is 0 Å². The first-order chi connectivity index (χ1) is 15.8. The van der Waals surface area contributed by atoms with Crippen LogP contribution in [0.1, 0.15) is 55.9 Å². The van der Waals surface area contributed by atoms with Gasteiger partial charge in [-0.3, -0.25) is 9.59 Å². The molecule has 10 heteroatoms. The number of nitrogens with one attached hydrogen (secondary N) is 1. The van der Waals surface area contributed by atoms with Crippen LogP contribution in [0.3, 0.4) is 0 Å². The first-order valence-electron chi connectivity index (χ1n) is 11.4. The molecule has 2 aliphatic rings. The lowest BCUT2D eigenvalue weighted by Crippen LogP contribution is -2.33. The van der Waals surface area contributed by atoms with Crippen LogP contribution in [0.15, 0.2) is 17.1 Å². The number of nitrogens with zero attached hydrogens (tertiary/aromatic N) is 3. The van der Waals surface area contributed by atoms with Crippen molar-refractivity contribution in [3.63, 3.8) is 0 Å². The highest BCUT2D eigenvalue weighted by Crippen LogP contribution is 2.37. The summed E-state index contributed by atoms with van der Waals surface area (Å²) < 4.78 is 36.4. The lowest BCUT2D eigenvalue weighted by molar-refractivity contribution is -0.121. The number of carbonyl (C=O) groups is 2. The van der Waals surface area contributed by atoms with Gasteiger partial charge in [-0.2, -0.15) is 0 Å². The second-order valence-electron chi connectivity index (χ2n) is 8.63. The van der Waals surface area contributed by atoms with Crippen LogP contribution in [0.25, 0.3) is 11.0 Å². The summed E-state index contributed by atoms with van der Waals surface area (Å²) in [6, 6.07) is 1.13. The highest BCUT2D eigenvalue weighted by atomic mass is 19.1. The van der Waals surface area contributed by atoms with Crippen molar-refractivity contribution in [2.24, 2.45) is 5.92 Å². The van der Waals surface area contributed by atoms with E-state index in [0.29, 0.717) is 12.8 Å². The van der Waals surface area contributed by atoms with Gasteiger partial charge in [0.2, 0.25) is 11.3 Å². The van der Waals surface area contributed by atoms with Gasteiger partial charge in [-0.05, 0) is 32.3 Å². The number of esters is 1. The van der Waals surface area contributed by atoms with E-state index >= 15 is 4.39 Å². The van der Waals surface area contributed by atoms with E-state index in [1.807, 2.05) is 6.92 Å². The van der Waals surface area contributed by atoms with Crippen LogP contribution in [0.5, 0.6) is 0 Å². The van der Waals surface area contributed by atoms with E-state index in [-0.39, 0.29) is 60.6 Å². The maximum atomic E-state index is 15.1. The molecule has 33 heavy (non-hydrogen) atoms. The minimum absolute atomic E-state index is 0.00641. The van der Waals surface area contributed by atoms with Gasteiger partial charge in [0.25, 0.3) is 0 Å². The summed E-state index contributed by atoms with van der Waals surface area (Å²) in [6.45, 7) is 3.95. The fourth-order valence-corrected chi connectivity index (χ4v) is 4.20. The maximum absolute atomic E-state index is 15.1. The van der Waals surface area contributed by atoms with Gasteiger partial charge in [0.05, 0.1) is 18.5 Å². The summed E-state index contributed by atoms with van der Waals surface area (Å²) >= 11 is 0. The fourth-order valence-electron chi connectivity index (χ4n) is 4.20. The Labute approximate surface area is 189 Å². The molecule has 2 aromatic heterocycles.